The van der Waals surface area contributed by atoms with Gasteiger partial charge >= 0.3 is 0 Å². The van der Waals surface area contributed by atoms with Crippen LogP contribution in [0.2, 0.25) is 5.02 Å². The third-order valence-electron chi connectivity index (χ3n) is 3.90. The summed E-state index contributed by atoms with van der Waals surface area (Å²) in [5.41, 5.74) is 2.52. The van der Waals surface area contributed by atoms with Crippen molar-refractivity contribution >= 4 is 33.2 Å². The van der Waals surface area contributed by atoms with Gasteiger partial charge in [-0.1, -0.05) is 51.8 Å². The van der Waals surface area contributed by atoms with Crippen molar-refractivity contribution in [2.24, 2.45) is 0 Å². The van der Waals surface area contributed by atoms with Crippen molar-refractivity contribution < 1.29 is 0 Å². The van der Waals surface area contributed by atoms with E-state index in [1.165, 1.54) is 11.3 Å². The number of hydrogen-bond acceptors (Lipinski definition) is 2. The molecule has 1 heterocycles. The third-order valence-corrected chi connectivity index (χ3v) is 4.75. The Balaban J connectivity index is 1.59. The Labute approximate surface area is 139 Å². The van der Waals surface area contributed by atoms with Crippen LogP contribution in [0.4, 0.5) is 5.69 Å². The van der Waals surface area contributed by atoms with Gasteiger partial charge in [0.2, 0.25) is 0 Å². The molecule has 0 amide bonds. The summed E-state index contributed by atoms with van der Waals surface area (Å²) in [6, 6.07) is 16.8. The van der Waals surface area contributed by atoms with E-state index in [2.05, 4.69) is 68.2 Å². The van der Waals surface area contributed by atoms with E-state index in [1.807, 2.05) is 6.07 Å². The average Bonchev–Trinajstić information content (AvgIpc) is 2.52. The zero-order valence-electron chi connectivity index (χ0n) is 11.8. The highest BCUT2D eigenvalue weighted by Crippen LogP contribution is 2.23. The van der Waals surface area contributed by atoms with E-state index in [0.29, 0.717) is 0 Å². The lowest BCUT2D eigenvalue weighted by atomic mass is 10.2. The molecule has 21 heavy (non-hydrogen) atoms. The van der Waals surface area contributed by atoms with Gasteiger partial charge in [0.15, 0.2) is 0 Å². The maximum Gasteiger partial charge on any atom is 0.0462 e. The molecule has 0 radical (unpaired) electrons. The first-order valence-electron chi connectivity index (χ1n) is 7.18. The Morgan fingerprint density at radius 1 is 0.952 bits per heavy atom. The average molecular weight is 366 g/mol. The van der Waals surface area contributed by atoms with Crippen LogP contribution in [0.15, 0.2) is 53.0 Å². The number of rotatable bonds is 3. The number of benzene rings is 2. The molecular formula is C17H18BrClN2. The first-order chi connectivity index (χ1) is 10.2. The zero-order chi connectivity index (χ0) is 14.7. The lowest BCUT2D eigenvalue weighted by Gasteiger charge is -2.36. The smallest absolute Gasteiger partial charge is 0.0462 e. The summed E-state index contributed by atoms with van der Waals surface area (Å²) in [6.07, 6.45) is 0. The first kappa shape index (κ1) is 14.9. The van der Waals surface area contributed by atoms with Gasteiger partial charge in [-0.05, 0) is 29.8 Å². The van der Waals surface area contributed by atoms with Gasteiger partial charge in [0, 0.05) is 47.9 Å². The Bertz CT molecular complexity index is 595. The summed E-state index contributed by atoms with van der Waals surface area (Å²) in [5.74, 6) is 0. The highest BCUT2D eigenvalue weighted by atomic mass is 79.9. The van der Waals surface area contributed by atoms with E-state index in [-0.39, 0.29) is 0 Å². The molecular weight excluding hydrogens is 348 g/mol. The van der Waals surface area contributed by atoms with Crippen molar-refractivity contribution in [1.29, 1.82) is 0 Å². The van der Waals surface area contributed by atoms with E-state index in [9.17, 15) is 0 Å². The lowest BCUT2D eigenvalue weighted by Crippen LogP contribution is -2.45. The second-order valence-corrected chi connectivity index (χ2v) is 6.66. The van der Waals surface area contributed by atoms with Gasteiger partial charge in [0.25, 0.3) is 0 Å². The van der Waals surface area contributed by atoms with E-state index >= 15 is 0 Å². The zero-order valence-corrected chi connectivity index (χ0v) is 14.1. The van der Waals surface area contributed by atoms with Crippen molar-refractivity contribution in [3.8, 4) is 0 Å². The van der Waals surface area contributed by atoms with Crippen molar-refractivity contribution in [3.63, 3.8) is 0 Å². The molecule has 3 rings (SSSR count). The molecule has 1 fully saturated rings. The van der Waals surface area contributed by atoms with Crippen molar-refractivity contribution in [1.82, 2.24) is 4.90 Å². The van der Waals surface area contributed by atoms with Crippen LogP contribution in [0, 0.1) is 0 Å². The van der Waals surface area contributed by atoms with Gasteiger partial charge in [-0.15, -0.1) is 0 Å². The topological polar surface area (TPSA) is 6.48 Å². The summed E-state index contributed by atoms with van der Waals surface area (Å²) in [4.78, 5) is 4.91. The van der Waals surface area contributed by atoms with E-state index in [4.69, 9.17) is 11.6 Å². The molecule has 0 saturated carbocycles. The molecule has 110 valence electrons. The predicted molar refractivity (Wildman–Crippen MR) is 93.1 cm³/mol. The van der Waals surface area contributed by atoms with Crippen LogP contribution in [-0.2, 0) is 6.54 Å². The number of piperazine rings is 1. The van der Waals surface area contributed by atoms with Crippen LogP contribution < -0.4 is 4.90 Å². The van der Waals surface area contributed by atoms with Gasteiger partial charge in [-0.3, -0.25) is 4.90 Å². The summed E-state index contributed by atoms with van der Waals surface area (Å²) in [5, 5.41) is 0.842. The maximum absolute atomic E-state index is 6.31. The fraction of sp³-hybridized carbons (Fsp3) is 0.294. The fourth-order valence-corrected chi connectivity index (χ4v) is 3.43. The van der Waals surface area contributed by atoms with Gasteiger partial charge in [0.1, 0.15) is 0 Å². The van der Waals surface area contributed by atoms with Crippen molar-refractivity contribution in [2.45, 2.75) is 6.54 Å². The Morgan fingerprint density at radius 3 is 2.33 bits per heavy atom. The number of para-hydroxylation sites is 1. The number of halogens is 2. The van der Waals surface area contributed by atoms with Crippen LogP contribution in [0.3, 0.4) is 0 Å². The van der Waals surface area contributed by atoms with Crippen LogP contribution in [-0.4, -0.2) is 31.1 Å². The van der Waals surface area contributed by atoms with E-state index in [1.54, 1.807) is 0 Å². The quantitative estimate of drug-likeness (QED) is 0.794. The minimum Gasteiger partial charge on any atom is -0.369 e. The van der Waals surface area contributed by atoms with Gasteiger partial charge in [0.05, 0.1) is 0 Å². The molecule has 0 bridgehead atoms. The van der Waals surface area contributed by atoms with Gasteiger partial charge < -0.3 is 4.90 Å². The molecule has 2 aromatic carbocycles. The molecule has 1 saturated heterocycles. The second kappa shape index (κ2) is 6.82. The molecule has 0 atom stereocenters. The number of nitrogens with zero attached hydrogens (tertiary/aromatic N) is 2. The molecule has 4 heteroatoms. The van der Waals surface area contributed by atoms with Crippen LogP contribution in [0.25, 0.3) is 0 Å². The minimum atomic E-state index is 0.842. The molecule has 0 N–H and O–H groups in total. The Kier molecular flexibility index (Phi) is 4.84. The third kappa shape index (κ3) is 3.79. The Morgan fingerprint density at radius 2 is 1.67 bits per heavy atom. The summed E-state index contributed by atoms with van der Waals surface area (Å²) in [7, 11) is 0. The largest absolute Gasteiger partial charge is 0.369 e. The SMILES string of the molecule is Clc1cc(Br)ccc1CN1CCN(c2ccccc2)CC1. The van der Waals surface area contributed by atoms with Crippen LogP contribution in [0.1, 0.15) is 5.56 Å². The van der Waals surface area contributed by atoms with Crippen molar-refractivity contribution in [3.05, 3.63) is 63.6 Å². The molecule has 2 aromatic rings. The fourth-order valence-electron chi connectivity index (χ4n) is 2.69. The summed E-state index contributed by atoms with van der Waals surface area (Å²) in [6.45, 7) is 5.20. The van der Waals surface area contributed by atoms with Crippen molar-refractivity contribution in [2.75, 3.05) is 31.1 Å². The molecule has 0 aromatic heterocycles. The van der Waals surface area contributed by atoms with Gasteiger partial charge in [-0.25, -0.2) is 0 Å². The van der Waals surface area contributed by atoms with E-state index in [0.717, 1.165) is 42.2 Å². The summed E-state index contributed by atoms with van der Waals surface area (Å²) < 4.78 is 1.03. The number of anilines is 1. The molecule has 1 aliphatic heterocycles. The van der Waals surface area contributed by atoms with Gasteiger partial charge in [-0.2, -0.15) is 0 Å². The molecule has 0 spiro atoms. The molecule has 1 aliphatic rings. The lowest BCUT2D eigenvalue weighted by molar-refractivity contribution is 0.250. The maximum atomic E-state index is 6.31. The molecule has 0 aliphatic carbocycles. The second-order valence-electron chi connectivity index (χ2n) is 5.33. The molecule has 0 unspecified atom stereocenters. The summed E-state index contributed by atoms with van der Waals surface area (Å²) >= 11 is 9.76. The molecule has 2 nitrogen and oxygen atoms in total. The standard InChI is InChI=1S/C17H18BrClN2/c18-15-7-6-14(17(19)12-15)13-20-8-10-21(11-9-20)16-4-2-1-3-5-16/h1-7,12H,8-11,13H2. The normalized spacial score (nSPS) is 16.2. The highest BCUT2D eigenvalue weighted by molar-refractivity contribution is 9.10. The predicted octanol–water partition coefficient (Wildman–Crippen LogP) is 4.42. The first-order valence-corrected chi connectivity index (χ1v) is 8.36. The monoisotopic (exact) mass is 364 g/mol. The highest BCUT2D eigenvalue weighted by Gasteiger charge is 2.17. The number of hydrogen-bond donors (Lipinski definition) is 0. The van der Waals surface area contributed by atoms with Crippen LogP contribution >= 0.6 is 27.5 Å². The minimum absolute atomic E-state index is 0.842. The van der Waals surface area contributed by atoms with Crippen LogP contribution in [0.5, 0.6) is 0 Å². The van der Waals surface area contributed by atoms with E-state index < -0.39 is 0 Å². The Hall–Kier alpha value is -1.03.